The maximum atomic E-state index is 12.3. The summed E-state index contributed by atoms with van der Waals surface area (Å²) < 4.78 is 18.8. The van der Waals surface area contributed by atoms with Gasteiger partial charge in [0.2, 0.25) is 0 Å². The van der Waals surface area contributed by atoms with Crippen LogP contribution in [0.25, 0.3) is 11.0 Å². The number of ether oxygens (including phenoxy) is 2. The van der Waals surface area contributed by atoms with Gasteiger partial charge in [0.15, 0.2) is 17.3 Å². The van der Waals surface area contributed by atoms with Crippen molar-refractivity contribution in [2.24, 2.45) is 5.10 Å². The average Bonchev–Trinajstić information content (AvgIpc) is 3.12. The highest BCUT2D eigenvalue weighted by Crippen LogP contribution is 2.34. The summed E-state index contributed by atoms with van der Waals surface area (Å²) in [5, 5.41) is 4.87. The van der Waals surface area contributed by atoms with Gasteiger partial charge in [0.25, 0.3) is 0 Å². The van der Waals surface area contributed by atoms with Crippen LogP contribution >= 0.6 is 38.5 Å². The third kappa shape index (κ3) is 5.30. The SMILES string of the molecule is CC[C@@H](C)Oc1c(I)cc(/C=N/NC(=O)c2cc3cc(Br)ccc3o2)cc1OC. The van der Waals surface area contributed by atoms with Gasteiger partial charge in [0, 0.05) is 9.86 Å². The van der Waals surface area contributed by atoms with Crippen LogP contribution in [-0.2, 0) is 0 Å². The number of nitrogens with one attached hydrogen (secondary N) is 1. The zero-order chi connectivity index (χ0) is 21.0. The summed E-state index contributed by atoms with van der Waals surface area (Å²) in [5.41, 5.74) is 3.90. The molecule has 3 aromatic rings. The molecule has 0 radical (unpaired) electrons. The zero-order valence-corrected chi connectivity index (χ0v) is 19.9. The van der Waals surface area contributed by atoms with E-state index >= 15 is 0 Å². The van der Waals surface area contributed by atoms with E-state index in [2.05, 4.69) is 56.0 Å². The first-order chi connectivity index (χ1) is 13.9. The minimum absolute atomic E-state index is 0.0839. The van der Waals surface area contributed by atoms with Crippen molar-refractivity contribution in [3.8, 4) is 11.5 Å². The van der Waals surface area contributed by atoms with E-state index in [1.54, 1.807) is 25.5 Å². The molecule has 0 saturated carbocycles. The van der Waals surface area contributed by atoms with Gasteiger partial charge < -0.3 is 13.9 Å². The molecule has 1 N–H and O–H groups in total. The lowest BCUT2D eigenvalue weighted by Crippen LogP contribution is -2.16. The number of hydrogen-bond donors (Lipinski definition) is 1. The number of nitrogens with zero attached hydrogens (tertiary/aromatic N) is 1. The van der Waals surface area contributed by atoms with Gasteiger partial charge in [-0.3, -0.25) is 4.79 Å². The third-order valence-corrected chi connectivity index (χ3v) is 5.52. The number of benzene rings is 2. The molecule has 0 bridgehead atoms. The van der Waals surface area contributed by atoms with Gasteiger partial charge in [-0.1, -0.05) is 22.9 Å². The Morgan fingerprint density at radius 2 is 2.14 bits per heavy atom. The molecule has 0 aliphatic heterocycles. The van der Waals surface area contributed by atoms with Crippen molar-refractivity contribution >= 4 is 61.6 Å². The first-order valence-electron chi connectivity index (χ1n) is 8.98. The van der Waals surface area contributed by atoms with Crippen LogP contribution in [-0.4, -0.2) is 25.3 Å². The molecule has 0 aliphatic carbocycles. The molecular formula is C21H20BrIN2O4. The van der Waals surface area contributed by atoms with E-state index in [9.17, 15) is 4.79 Å². The van der Waals surface area contributed by atoms with E-state index in [0.29, 0.717) is 17.1 Å². The standard InChI is InChI=1S/C21H20BrIN2O4/c1-4-12(2)28-20-16(23)7-13(8-18(20)27-3)11-24-25-21(26)19-10-14-9-15(22)5-6-17(14)29-19/h5-12H,4H2,1-3H3,(H,25,26)/b24-11+/t12-/m1/s1. The van der Waals surface area contributed by atoms with Crippen molar-refractivity contribution in [2.75, 3.05) is 7.11 Å². The van der Waals surface area contributed by atoms with Crippen LogP contribution in [0, 0.1) is 3.57 Å². The second kappa shape index (κ2) is 9.62. The molecule has 152 valence electrons. The van der Waals surface area contributed by atoms with Crippen molar-refractivity contribution < 1.29 is 18.7 Å². The number of carbonyl (C=O) groups excluding carboxylic acids is 1. The fraction of sp³-hybridized carbons (Fsp3) is 0.238. The third-order valence-electron chi connectivity index (χ3n) is 4.23. The molecule has 0 spiro atoms. The number of fused-ring (bicyclic) bond motifs is 1. The molecule has 3 rings (SSSR count). The summed E-state index contributed by atoms with van der Waals surface area (Å²) in [6.07, 6.45) is 2.53. The maximum absolute atomic E-state index is 12.3. The molecule has 1 heterocycles. The van der Waals surface area contributed by atoms with E-state index < -0.39 is 5.91 Å². The minimum Gasteiger partial charge on any atom is -0.493 e. The number of rotatable bonds is 7. The quantitative estimate of drug-likeness (QED) is 0.223. The first-order valence-corrected chi connectivity index (χ1v) is 10.8. The van der Waals surface area contributed by atoms with Crippen LogP contribution in [0.15, 0.2) is 50.4 Å². The molecule has 1 amide bonds. The summed E-state index contributed by atoms with van der Waals surface area (Å²) in [6.45, 7) is 4.08. The fourth-order valence-corrected chi connectivity index (χ4v) is 3.69. The lowest BCUT2D eigenvalue weighted by molar-refractivity contribution is 0.0929. The smallest absolute Gasteiger partial charge is 0.307 e. The number of methoxy groups -OCH3 is 1. The Balaban J connectivity index is 1.73. The molecule has 0 saturated heterocycles. The van der Waals surface area contributed by atoms with Crippen LogP contribution in [0.1, 0.15) is 36.4 Å². The monoisotopic (exact) mass is 570 g/mol. The first kappa shape index (κ1) is 21.6. The molecule has 2 aromatic carbocycles. The van der Waals surface area contributed by atoms with Gasteiger partial charge in [-0.25, -0.2) is 5.43 Å². The second-order valence-electron chi connectivity index (χ2n) is 6.36. The molecular weight excluding hydrogens is 551 g/mol. The van der Waals surface area contributed by atoms with Gasteiger partial charge in [0.05, 0.1) is 23.0 Å². The van der Waals surface area contributed by atoms with Crippen molar-refractivity contribution in [3.05, 3.63) is 55.8 Å². The van der Waals surface area contributed by atoms with E-state index in [0.717, 1.165) is 25.4 Å². The summed E-state index contributed by atoms with van der Waals surface area (Å²) >= 11 is 5.60. The van der Waals surface area contributed by atoms with Crippen LogP contribution in [0.5, 0.6) is 11.5 Å². The summed E-state index contributed by atoms with van der Waals surface area (Å²) in [7, 11) is 1.59. The normalized spacial score (nSPS) is 12.3. The molecule has 0 unspecified atom stereocenters. The molecule has 1 atom stereocenters. The van der Waals surface area contributed by atoms with E-state index in [1.165, 1.54) is 0 Å². The average molecular weight is 571 g/mol. The lowest BCUT2D eigenvalue weighted by Gasteiger charge is -2.17. The van der Waals surface area contributed by atoms with Gasteiger partial charge in [-0.05, 0) is 77.9 Å². The lowest BCUT2D eigenvalue weighted by atomic mass is 10.2. The Labute approximate surface area is 190 Å². The molecule has 8 heteroatoms. The number of halogens is 2. The topological polar surface area (TPSA) is 73.1 Å². The van der Waals surface area contributed by atoms with E-state index in [1.807, 2.05) is 31.2 Å². The highest BCUT2D eigenvalue weighted by Gasteiger charge is 2.14. The van der Waals surface area contributed by atoms with Crippen molar-refractivity contribution in [2.45, 2.75) is 26.4 Å². The second-order valence-corrected chi connectivity index (χ2v) is 8.44. The number of hydrogen-bond acceptors (Lipinski definition) is 5. The van der Waals surface area contributed by atoms with Crippen LogP contribution in [0.3, 0.4) is 0 Å². The van der Waals surface area contributed by atoms with Crippen molar-refractivity contribution in [3.63, 3.8) is 0 Å². The number of furan rings is 1. The van der Waals surface area contributed by atoms with Gasteiger partial charge in [-0.15, -0.1) is 0 Å². The Morgan fingerprint density at radius 3 is 2.86 bits per heavy atom. The minimum atomic E-state index is -0.424. The molecule has 1 aromatic heterocycles. The Bertz CT molecular complexity index is 1060. The van der Waals surface area contributed by atoms with Crippen LogP contribution < -0.4 is 14.9 Å². The highest BCUT2D eigenvalue weighted by molar-refractivity contribution is 14.1. The fourth-order valence-electron chi connectivity index (χ4n) is 2.56. The molecule has 29 heavy (non-hydrogen) atoms. The Kier molecular flexibility index (Phi) is 7.18. The van der Waals surface area contributed by atoms with E-state index in [4.69, 9.17) is 13.9 Å². The summed E-state index contributed by atoms with van der Waals surface area (Å²) in [5.74, 6) is 1.09. The largest absolute Gasteiger partial charge is 0.493 e. The van der Waals surface area contributed by atoms with Gasteiger partial charge >= 0.3 is 5.91 Å². The Hall–Kier alpha value is -2.07. The van der Waals surface area contributed by atoms with Gasteiger partial charge in [0.1, 0.15) is 5.58 Å². The zero-order valence-electron chi connectivity index (χ0n) is 16.2. The molecule has 0 aliphatic rings. The maximum Gasteiger partial charge on any atom is 0.307 e. The predicted octanol–water partition coefficient (Wildman–Crippen LogP) is 5.75. The van der Waals surface area contributed by atoms with E-state index in [-0.39, 0.29) is 11.9 Å². The number of carbonyl (C=O) groups is 1. The predicted molar refractivity (Wildman–Crippen MR) is 125 cm³/mol. The van der Waals surface area contributed by atoms with Crippen LogP contribution in [0.2, 0.25) is 0 Å². The van der Waals surface area contributed by atoms with Crippen LogP contribution in [0.4, 0.5) is 0 Å². The highest BCUT2D eigenvalue weighted by atomic mass is 127. The number of amides is 1. The molecule has 6 nitrogen and oxygen atoms in total. The summed E-state index contributed by atoms with van der Waals surface area (Å²) in [6, 6.07) is 10.9. The van der Waals surface area contributed by atoms with Gasteiger partial charge in [-0.2, -0.15) is 5.10 Å². The van der Waals surface area contributed by atoms with Crippen molar-refractivity contribution in [1.82, 2.24) is 5.43 Å². The summed E-state index contributed by atoms with van der Waals surface area (Å²) in [4.78, 5) is 12.3. The van der Waals surface area contributed by atoms with Crippen molar-refractivity contribution in [1.29, 1.82) is 0 Å². The Morgan fingerprint density at radius 1 is 1.34 bits per heavy atom. The molecule has 0 fully saturated rings. The number of hydrazone groups is 1.